The minimum absolute atomic E-state index is 0.00875. The number of halogens is 1. The van der Waals surface area contributed by atoms with Gasteiger partial charge in [-0.05, 0) is 36.4 Å². The van der Waals surface area contributed by atoms with Crippen LogP contribution in [0.2, 0.25) is 5.02 Å². The Labute approximate surface area is 172 Å². The first-order valence-electron chi connectivity index (χ1n) is 8.73. The van der Waals surface area contributed by atoms with Gasteiger partial charge in [0.25, 0.3) is 11.8 Å². The Morgan fingerprint density at radius 2 is 1.83 bits per heavy atom. The fourth-order valence-corrected chi connectivity index (χ4v) is 2.55. The molecule has 0 unspecified atom stereocenters. The minimum atomic E-state index is -0.342. The first-order chi connectivity index (χ1) is 14.1. The highest BCUT2D eigenvalue weighted by atomic mass is 35.5. The van der Waals surface area contributed by atoms with E-state index in [1.54, 1.807) is 36.5 Å². The van der Waals surface area contributed by atoms with Gasteiger partial charge in [0, 0.05) is 34.9 Å². The summed E-state index contributed by atoms with van der Waals surface area (Å²) in [6.07, 6.45) is 4.52. The van der Waals surface area contributed by atoms with Gasteiger partial charge in [-0.1, -0.05) is 35.9 Å². The number of amides is 2. The van der Waals surface area contributed by atoms with Crippen molar-refractivity contribution in [3.05, 3.63) is 89.2 Å². The van der Waals surface area contributed by atoms with Crippen molar-refractivity contribution in [1.29, 1.82) is 0 Å². The Morgan fingerprint density at radius 3 is 2.62 bits per heavy atom. The van der Waals surface area contributed by atoms with Gasteiger partial charge >= 0.3 is 0 Å². The number of hydrazone groups is 1. The van der Waals surface area contributed by atoms with Crippen molar-refractivity contribution in [1.82, 2.24) is 10.4 Å². The highest BCUT2D eigenvalue weighted by molar-refractivity contribution is 6.32. The molecule has 0 radical (unpaired) electrons. The largest absolute Gasteiger partial charge is 0.376 e. The molecule has 0 saturated carbocycles. The van der Waals surface area contributed by atoms with Gasteiger partial charge in [0.1, 0.15) is 0 Å². The molecular weight excluding hydrogens is 390 g/mol. The first kappa shape index (κ1) is 20.0. The van der Waals surface area contributed by atoms with E-state index in [4.69, 9.17) is 11.6 Å². The lowest BCUT2D eigenvalue weighted by Gasteiger charge is -2.08. The maximum Gasteiger partial charge on any atom is 0.259 e. The van der Waals surface area contributed by atoms with E-state index in [1.807, 2.05) is 30.3 Å². The number of pyridine rings is 1. The lowest BCUT2D eigenvalue weighted by molar-refractivity contribution is -0.119. The van der Waals surface area contributed by atoms with Crippen LogP contribution in [0.4, 0.5) is 11.4 Å². The predicted octanol–water partition coefficient (Wildman–Crippen LogP) is 3.55. The number of aromatic nitrogens is 1. The second kappa shape index (κ2) is 10.0. The van der Waals surface area contributed by atoms with Gasteiger partial charge in [0.05, 0.1) is 17.8 Å². The van der Waals surface area contributed by atoms with Gasteiger partial charge in [0.2, 0.25) is 0 Å². The van der Waals surface area contributed by atoms with Crippen molar-refractivity contribution in [2.75, 3.05) is 17.2 Å². The van der Waals surface area contributed by atoms with Crippen molar-refractivity contribution in [3.63, 3.8) is 0 Å². The normalized spacial score (nSPS) is 10.5. The molecule has 0 aliphatic carbocycles. The number of benzene rings is 2. The lowest BCUT2D eigenvalue weighted by atomic mass is 10.2. The number of hydrogen-bond donors (Lipinski definition) is 3. The number of carbonyl (C=O) groups excluding carboxylic acids is 2. The zero-order chi connectivity index (χ0) is 20.5. The lowest BCUT2D eigenvalue weighted by Crippen LogP contribution is -2.26. The van der Waals surface area contributed by atoms with Gasteiger partial charge in [0.15, 0.2) is 0 Å². The van der Waals surface area contributed by atoms with Crippen molar-refractivity contribution < 1.29 is 9.59 Å². The van der Waals surface area contributed by atoms with Crippen LogP contribution in [0.3, 0.4) is 0 Å². The van der Waals surface area contributed by atoms with Crippen molar-refractivity contribution in [2.45, 2.75) is 0 Å². The van der Waals surface area contributed by atoms with E-state index < -0.39 is 0 Å². The Hall–Kier alpha value is -3.71. The molecule has 0 fully saturated rings. The van der Waals surface area contributed by atoms with E-state index >= 15 is 0 Å². The highest BCUT2D eigenvalue weighted by Gasteiger charge is 2.07. The van der Waals surface area contributed by atoms with Crippen LogP contribution in [0.25, 0.3) is 0 Å². The molecule has 1 heterocycles. The second-order valence-corrected chi connectivity index (χ2v) is 6.35. The number of anilines is 2. The monoisotopic (exact) mass is 407 g/mol. The minimum Gasteiger partial charge on any atom is -0.376 e. The number of carbonyl (C=O) groups is 2. The molecule has 2 amide bonds. The van der Waals surface area contributed by atoms with Crippen LogP contribution < -0.4 is 16.1 Å². The average Bonchev–Trinajstić information content (AvgIpc) is 2.74. The molecule has 2 aromatic carbocycles. The molecule has 3 aromatic rings. The van der Waals surface area contributed by atoms with Crippen molar-refractivity contribution in [3.8, 4) is 0 Å². The molecule has 0 atom stereocenters. The van der Waals surface area contributed by atoms with Crippen LogP contribution in [0.5, 0.6) is 0 Å². The number of rotatable bonds is 7. The Kier molecular flexibility index (Phi) is 6.91. The highest BCUT2D eigenvalue weighted by Crippen LogP contribution is 2.13. The number of nitrogens with one attached hydrogen (secondary N) is 3. The van der Waals surface area contributed by atoms with Gasteiger partial charge in [-0.3, -0.25) is 14.6 Å². The predicted molar refractivity (Wildman–Crippen MR) is 114 cm³/mol. The summed E-state index contributed by atoms with van der Waals surface area (Å²) in [7, 11) is 0. The molecule has 146 valence electrons. The second-order valence-electron chi connectivity index (χ2n) is 5.94. The molecule has 1 aromatic heterocycles. The summed E-state index contributed by atoms with van der Waals surface area (Å²) >= 11 is 5.96. The van der Waals surface area contributed by atoms with Crippen LogP contribution in [-0.4, -0.2) is 29.6 Å². The summed E-state index contributed by atoms with van der Waals surface area (Å²) in [4.78, 5) is 28.2. The summed E-state index contributed by atoms with van der Waals surface area (Å²) in [6, 6.07) is 17.7. The Balaban J connectivity index is 1.51. The number of hydrogen-bond acceptors (Lipinski definition) is 5. The third-order valence-electron chi connectivity index (χ3n) is 3.81. The third-order valence-corrected chi connectivity index (χ3v) is 4.12. The van der Waals surface area contributed by atoms with Crippen LogP contribution in [0.15, 0.2) is 78.2 Å². The summed E-state index contributed by atoms with van der Waals surface area (Å²) in [6.45, 7) is -0.00875. The summed E-state index contributed by atoms with van der Waals surface area (Å²) in [5, 5.41) is 10.1. The Morgan fingerprint density at radius 1 is 1.03 bits per heavy atom. The maximum absolute atomic E-state index is 12.4. The van der Waals surface area contributed by atoms with Crippen LogP contribution >= 0.6 is 11.6 Å². The molecule has 8 heteroatoms. The SMILES string of the molecule is O=C(CNc1cccc(C(=O)Nc2ccccc2)c1)NN=Cc1ccncc1Cl. The molecule has 3 N–H and O–H groups in total. The van der Waals surface area contributed by atoms with Gasteiger partial charge in [-0.15, -0.1) is 0 Å². The fourth-order valence-electron chi connectivity index (χ4n) is 2.38. The smallest absolute Gasteiger partial charge is 0.259 e. The molecule has 3 rings (SSSR count). The van der Waals surface area contributed by atoms with Crippen molar-refractivity contribution >= 4 is 41.0 Å². The summed E-state index contributed by atoms with van der Waals surface area (Å²) < 4.78 is 0. The number of nitrogens with zero attached hydrogens (tertiary/aromatic N) is 2. The van der Waals surface area contributed by atoms with Crippen LogP contribution in [0.1, 0.15) is 15.9 Å². The van der Waals surface area contributed by atoms with Gasteiger partial charge in [-0.25, -0.2) is 5.43 Å². The van der Waals surface area contributed by atoms with E-state index in [0.29, 0.717) is 27.5 Å². The quantitative estimate of drug-likeness (QED) is 0.412. The van der Waals surface area contributed by atoms with Crippen LogP contribution in [-0.2, 0) is 4.79 Å². The average molecular weight is 408 g/mol. The molecule has 7 nitrogen and oxygen atoms in total. The number of para-hydroxylation sites is 1. The van der Waals surface area contributed by atoms with Gasteiger partial charge in [-0.2, -0.15) is 5.10 Å². The van der Waals surface area contributed by atoms with Crippen LogP contribution in [0, 0.1) is 0 Å². The van der Waals surface area contributed by atoms with E-state index in [0.717, 1.165) is 0 Å². The zero-order valence-corrected chi connectivity index (χ0v) is 16.1. The van der Waals surface area contributed by atoms with E-state index in [9.17, 15) is 9.59 Å². The molecular formula is C21H18ClN5O2. The standard InChI is InChI=1S/C21H18ClN5O2/c22-19-13-23-10-9-16(19)12-25-27-20(28)14-24-18-8-4-5-15(11-18)21(29)26-17-6-2-1-3-7-17/h1-13,24H,14H2,(H,26,29)(H,27,28). The van der Waals surface area contributed by atoms with Gasteiger partial charge < -0.3 is 10.6 Å². The molecule has 29 heavy (non-hydrogen) atoms. The molecule has 0 aliphatic heterocycles. The molecule has 0 saturated heterocycles. The van der Waals surface area contributed by atoms with E-state index in [1.165, 1.54) is 12.4 Å². The maximum atomic E-state index is 12.4. The van der Waals surface area contributed by atoms with Crippen molar-refractivity contribution in [2.24, 2.45) is 5.10 Å². The summed E-state index contributed by atoms with van der Waals surface area (Å²) in [5.74, 6) is -0.575. The summed E-state index contributed by atoms with van der Waals surface area (Å²) in [5.41, 5.74) is 4.88. The van der Waals surface area contributed by atoms with E-state index in [2.05, 4.69) is 26.1 Å². The van der Waals surface area contributed by atoms with E-state index in [-0.39, 0.29) is 18.4 Å². The third kappa shape index (κ3) is 6.15. The zero-order valence-electron chi connectivity index (χ0n) is 15.3. The Bertz CT molecular complexity index is 1020. The topological polar surface area (TPSA) is 95.5 Å². The first-order valence-corrected chi connectivity index (χ1v) is 9.11. The molecule has 0 aliphatic rings. The molecule has 0 spiro atoms. The molecule has 0 bridgehead atoms. The fraction of sp³-hybridized carbons (Fsp3) is 0.0476.